The third kappa shape index (κ3) is 4.18. The van der Waals surface area contributed by atoms with Gasteiger partial charge in [0, 0.05) is 5.38 Å². The number of ether oxygens (including phenoxy) is 1. The Labute approximate surface area is 198 Å². The highest BCUT2D eigenvalue weighted by Gasteiger charge is 2.16. The summed E-state index contributed by atoms with van der Waals surface area (Å²) in [4.78, 5) is 36.3. The number of nitrogens with zero attached hydrogens (tertiary/aromatic N) is 4. The molecule has 2 N–H and O–H groups in total. The molecular weight excluding hydrogens is 452 g/mol. The van der Waals surface area contributed by atoms with Crippen LogP contribution in [0.1, 0.15) is 12.6 Å². The highest BCUT2D eigenvalue weighted by atomic mass is 32.1. The van der Waals surface area contributed by atoms with E-state index in [0.717, 1.165) is 16.3 Å². The van der Waals surface area contributed by atoms with Gasteiger partial charge in [-0.2, -0.15) is 5.10 Å². The molecule has 34 heavy (non-hydrogen) atoms. The van der Waals surface area contributed by atoms with Crippen LogP contribution in [-0.2, 0) is 11.2 Å². The van der Waals surface area contributed by atoms with Crippen LogP contribution < -0.4 is 15.6 Å². The summed E-state index contributed by atoms with van der Waals surface area (Å²) in [6, 6.07) is 14.9. The number of amides is 1. The minimum Gasteiger partial charge on any atom is -0.493 e. The van der Waals surface area contributed by atoms with E-state index in [9.17, 15) is 9.59 Å². The third-order valence-electron chi connectivity index (χ3n) is 5.09. The van der Waals surface area contributed by atoms with E-state index >= 15 is 0 Å². The SMILES string of the molecule is CCOc1ccccc1-c1nc(CC(=O)Nc2ccccc2-n2ncc3c(=O)[nH]cnc32)cs1. The summed E-state index contributed by atoms with van der Waals surface area (Å²) in [5, 5.41) is 10.3. The number of nitrogens with one attached hydrogen (secondary N) is 2. The summed E-state index contributed by atoms with van der Waals surface area (Å²) in [5.74, 6) is 0.549. The standard InChI is InChI=1S/C24H20N6O3S/c1-2-33-20-10-6-3-7-16(20)24-28-15(13-34-24)11-21(31)29-18-8-4-5-9-19(18)30-22-17(12-27-30)23(32)26-14-25-22/h3-10,12-14H,2,11H2,1H3,(H,29,31)(H,25,26,32). The van der Waals surface area contributed by atoms with E-state index in [4.69, 9.17) is 4.74 Å². The van der Waals surface area contributed by atoms with Gasteiger partial charge in [-0.1, -0.05) is 24.3 Å². The average molecular weight is 473 g/mol. The molecule has 2 aromatic carbocycles. The number of aromatic nitrogens is 5. The van der Waals surface area contributed by atoms with E-state index in [0.29, 0.717) is 34.7 Å². The summed E-state index contributed by atoms with van der Waals surface area (Å²) in [6.45, 7) is 2.50. The Bertz CT molecular complexity index is 1540. The number of hydrogen-bond acceptors (Lipinski definition) is 7. The second kappa shape index (κ2) is 9.28. The van der Waals surface area contributed by atoms with Gasteiger partial charge in [-0.05, 0) is 31.2 Å². The van der Waals surface area contributed by atoms with Gasteiger partial charge in [0.2, 0.25) is 5.91 Å². The van der Waals surface area contributed by atoms with Gasteiger partial charge in [-0.25, -0.2) is 14.6 Å². The molecule has 0 bridgehead atoms. The maximum absolute atomic E-state index is 12.9. The molecule has 0 saturated heterocycles. The van der Waals surface area contributed by atoms with Crippen molar-refractivity contribution in [2.45, 2.75) is 13.3 Å². The lowest BCUT2D eigenvalue weighted by molar-refractivity contribution is -0.115. The van der Waals surface area contributed by atoms with Crippen molar-refractivity contribution in [3.8, 4) is 22.0 Å². The molecule has 0 aliphatic carbocycles. The van der Waals surface area contributed by atoms with E-state index in [1.807, 2.05) is 48.7 Å². The predicted molar refractivity (Wildman–Crippen MR) is 131 cm³/mol. The maximum atomic E-state index is 12.9. The average Bonchev–Trinajstić information content (AvgIpc) is 3.48. The first-order chi connectivity index (χ1) is 16.6. The van der Waals surface area contributed by atoms with Crippen LogP contribution in [0.2, 0.25) is 0 Å². The number of carbonyl (C=O) groups is 1. The van der Waals surface area contributed by atoms with Gasteiger partial charge in [0.25, 0.3) is 5.56 Å². The normalized spacial score (nSPS) is 11.0. The molecule has 0 unspecified atom stereocenters. The Morgan fingerprint density at radius 3 is 2.88 bits per heavy atom. The molecule has 5 aromatic rings. The molecule has 0 spiro atoms. The lowest BCUT2D eigenvalue weighted by Crippen LogP contribution is -2.16. The summed E-state index contributed by atoms with van der Waals surface area (Å²) < 4.78 is 7.23. The highest BCUT2D eigenvalue weighted by molar-refractivity contribution is 7.13. The number of H-pyrrole nitrogens is 1. The van der Waals surface area contributed by atoms with E-state index < -0.39 is 0 Å². The molecule has 9 nitrogen and oxygen atoms in total. The van der Waals surface area contributed by atoms with Crippen molar-refractivity contribution < 1.29 is 9.53 Å². The number of para-hydroxylation sites is 3. The third-order valence-corrected chi connectivity index (χ3v) is 6.01. The summed E-state index contributed by atoms with van der Waals surface area (Å²) >= 11 is 1.47. The molecule has 5 rings (SSSR count). The Morgan fingerprint density at radius 2 is 2.00 bits per heavy atom. The minimum absolute atomic E-state index is 0.111. The first-order valence-corrected chi connectivity index (χ1v) is 11.5. The lowest BCUT2D eigenvalue weighted by Gasteiger charge is -2.11. The van der Waals surface area contributed by atoms with Crippen LogP contribution in [0.5, 0.6) is 5.75 Å². The van der Waals surface area contributed by atoms with Crippen molar-refractivity contribution in [3.05, 3.63) is 82.5 Å². The number of thiazole rings is 1. The molecule has 0 fully saturated rings. The molecule has 0 radical (unpaired) electrons. The van der Waals surface area contributed by atoms with Gasteiger partial charge >= 0.3 is 0 Å². The van der Waals surface area contributed by atoms with Gasteiger partial charge in [0.15, 0.2) is 5.65 Å². The van der Waals surface area contributed by atoms with E-state index in [2.05, 4.69) is 25.4 Å². The highest BCUT2D eigenvalue weighted by Crippen LogP contribution is 2.32. The van der Waals surface area contributed by atoms with Crippen LogP contribution in [0.15, 0.2) is 71.2 Å². The first-order valence-electron chi connectivity index (χ1n) is 10.6. The van der Waals surface area contributed by atoms with Crippen molar-refractivity contribution in [2.75, 3.05) is 11.9 Å². The monoisotopic (exact) mass is 472 g/mol. The number of carbonyl (C=O) groups excluding carboxylic acids is 1. The zero-order valence-electron chi connectivity index (χ0n) is 18.2. The van der Waals surface area contributed by atoms with Crippen molar-refractivity contribution in [1.29, 1.82) is 0 Å². The zero-order chi connectivity index (χ0) is 23.5. The van der Waals surface area contributed by atoms with Crippen molar-refractivity contribution in [2.24, 2.45) is 0 Å². The van der Waals surface area contributed by atoms with Crippen molar-refractivity contribution in [3.63, 3.8) is 0 Å². The summed E-state index contributed by atoms with van der Waals surface area (Å²) in [6.07, 6.45) is 2.89. The van der Waals surface area contributed by atoms with E-state index in [1.165, 1.54) is 28.5 Å². The minimum atomic E-state index is -0.275. The molecule has 1 amide bonds. The van der Waals surface area contributed by atoms with Crippen LogP contribution in [0.3, 0.4) is 0 Å². The Kier molecular flexibility index (Phi) is 5.88. The van der Waals surface area contributed by atoms with Gasteiger partial charge < -0.3 is 15.0 Å². The molecule has 0 aliphatic rings. The smallest absolute Gasteiger partial charge is 0.261 e. The quantitative estimate of drug-likeness (QED) is 0.372. The fourth-order valence-electron chi connectivity index (χ4n) is 3.59. The number of benzene rings is 2. The lowest BCUT2D eigenvalue weighted by atomic mass is 10.2. The molecular formula is C24H20N6O3S. The molecule has 0 atom stereocenters. The van der Waals surface area contributed by atoms with Crippen LogP contribution in [0.25, 0.3) is 27.3 Å². The molecule has 0 saturated carbocycles. The second-order valence-corrected chi connectivity index (χ2v) is 8.20. The first kappa shape index (κ1) is 21.5. The van der Waals surface area contributed by atoms with Crippen molar-refractivity contribution in [1.82, 2.24) is 24.7 Å². The number of rotatable bonds is 7. The molecule has 0 aliphatic heterocycles. The second-order valence-electron chi connectivity index (χ2n) is 7.34. The van der Waals surface area contributed by atoms with Crippen LogP contribution in [0, 0.1) is 0 Å². The van der Waals surface area contributed by atoms with Crippen LogP contribution in [0.4, 0.5) is 5.69 Å². The van der Waals surface area contributed by atoms with E-state index in [-0.39, 0.29) is 17.9 Å². The Hall–Kier alpha value is -4.31. The maximum Gasteiger partial charge on any atom is 0.261 e. The Morgan fingerprint density at radius 1 is 1.18 bits per heavy atom. The summed E-state index contributed by atoms with van der Waals surface area (Å²) in [5.41, 5.74) is 2.86. The van der Waals surface area contributed by atoms with Gasteiger partial charge in [-0.3, -0.25) is 9.59 Å². The summed E-state index contributed by atoms with van der Waals surface area (Å²) in [7, 11) is 0. The number of hydrogen-bond donors (Lipinski definition) is 2. The zero-order valence-corrected chi connectivity index (χ0v) is 19.0. The fraction of sp³-hybridized carbons (Fsp3) is 0.125. The number of aromatic amines is 1. The number of fused-ring (bicyclic) bond motifs is 1. The Balaban J connectivity index is 1.37. The van der Waals surface area contributed by atoms with E-state index in [1.54, 1.807) is 12.1 Å². The molecule has 10 heteroatoms. The van der Waals surface area contributed by atoms with Gasteiger partial charge in [-0.15, -0.1) is 11.3 Å². The van der Waals surface area contributed by atoms with Crippen molar-refractivity contribution >= 4 is 34.0 Å². The van der Waals surface area contributed by atoms with Gasteiger partial charge in [0.1, 0.15) is 16.1 Å². The van der Waals surface area contributed by atoms with Crippen LogP contribution in [-0.4, -0.2) is 37.2 Å². The van der Waals surface area contributed by atoms with Gasteiger partial charge in [0.05, 0.1) is 48.2 Å². The number of anilines is 1. The largest absolute Gasteiger partial charge is 0.493 e. The molecule has 3 aromatic heterocycles. The predicted octanol–water partition coefficient (Wildman–Crippen LogP) is 3.81. The molecule has 170 valence electrons. The molecule has 3 heterocycles. The topological polar surface area (TPSA) is 115 Å². The van der Waals surface area contributed by atoms with Crippen LogP contribution >= 0.6 is 11.3 Å². The fourth-order valence-corrected chi connectivity index (χ4v) is 4.44.